The molecule has 2 aromatic carbocycles. The average Bonchev–Trinajstić information content (AvgIpc) is 3.52. The number of amides is 4. The van der Waals surface area contributed by atoms with Gasteiger partial charge in [0.2, 0.25) is 11.8 Å². The van der Waals surface area contributed by atoms with Crippen molar-refractivity contribution < 1.29 is 52.1 Å². The molecule has 17 heteroatoms. The van der Waals surface area contributed by atoms with Crippen molar-refractivity contribution >= 4 is 58.6 Å². The van der Waals surface area contributed by atoms with Crippen molar-refractivity contribution in [3.8, 4) is 11.5 Å². The number of pyridine rings is 1. The lowest BCUT2D eigenvalue weighted by Crippen LogP contribution is -2.53. The lowest BCUT2D eigenvalue weighted by Gasteiger charge is -2.50. The second-order valence-corrected chi connectivity index (χ2v) is 15.2. The third kappa shape index (κ3) is 6.34. The zero-order valence-corrected chi connectivity index (χ0v) is 31.2. The maximum absolute atomic E-state index is 15.3. The van der Waals surface area contributed by atoms with E-state index in [0.717, 1.165) is 0 Å². The number of hydrogen-bond acceptors (Lipinski definition) is 9. The second kappa shape index (κ2) is 14.7. The van der Waals surface area contributed by atoms with Crippen molar-refractivity contribution in [1.82, 2.24) is 14.9 Å². The first-order valence-corrected chi connectivity index (χ1v) is 18.6. The van der Waals surface area contributed by atoms with Crippen LogP contribution in [0, 0.1) is 23.7 Å². The Kier molecular flexibility index (Phi) is 10.3. The summed E-state index contributed by atoms with van der Waals surface area (Å²) in [4.78, 5) is 74.2. The first kappa shape index (κ1) is 39.1. The highest BCUT2D eigenvalue weighted by atomic mass is 35.5. The topological polar surface area (TPSA) is 166 Å². The predicted octanol–water partition coefficient (Wildman–Crippen LogP) is 6.75. The van der Waals surface area contributed by atoms with E-state index in [2.05, 4.69) is 10.4 Å². The van der Waals surface area contributed by atoms with Crippen LogP contribution in [0.15, 0.2) is 66.4 Å². The molecule has 2 aliphatic carbocycles. The van der Waals surface area contributed by atoms with E-state index in [1.165, 1.54) is 36.3 Å². The summed E-state index contributed by atoms with van der Waals surface area (Å²) in [7, 11) is 1.37. The first-order chi connectivity index (χ1) is 26.6. The number of benzene rings is 2. The van der Waals surface area contributed by atoms with Gasteiger partial charge in [-0.3, -0.25) is 34.3 Å². The average molecular weight is 816 g/mol. The molecule has 7 rings (SSSR count). The molecular formula is C39H35Cl2F3N4O8. The van der Waals surface area contributed by atoms with Gasteiger partial charge in [-0.25, -0.2) is 4.98 Å². The van der Waals surface area contributed by atoms with E-state index >= 15 is 4.79 Å². The number of rotatable bonds is 11. The maximum atomic E-state index is 15.3. The monoisotopic (exact) mass is 814 g/mol. The molecule has 0 unspecified atom stereocenters. The quantitative estimate of drug-likeness (QED) is 0.107. The van der Waals surface area contributed by atoms with Crippen molar-refractivity contribution in [3.05, 3.63) is 93.1 Å². The number of anilines is 1. The Labute approximate surface area is 328 Å². The van der Waals surface area contributed by atoms with E-state index in [1.54, 1.807) is 24.3 Å². The smallest absolute Gasteiger partial charge is 0.417 e. The molecule has 4 aliphatic rings. The van der Waals surface area contributed by atoms with Gasteiger partial charge in [-0.1, -0.05) is 59.5 Å². The molecular weight excluding hydrogens is 780 g/mol. The Bertz CT molecular complexity index is 2170. The summed E-state index contributed by atoms with van der Waals surface area (Å²) in [5.41, 5.74) is 0.533. The number of unbranched alkanes of at least 4 members (excludes halogenated alkanes) is 2. The van der Waals surface area contributed by atoms with Crippen molar-refractivity contribution in [1.29, 1.82) is 0 Å². The van der Waals surface area contributed by atoms with Crippen LogP contribution in [0.25, 0.3) is 0 Å². The van der Waals surface area contributed by atoms with Crippen LogP contribution in [0.3, 0.4) is 0 Å². The third-order valence-corrected chi connectivity index (χ3v) is 12.0. The van der Waals surface area contributed by atoms with E-state index in [0.29, 0.717) is 52.7 Å². The minimum atomic E-state index is -4.77. The fraction of sp³-hybridized carbons (Fsp3) is 0.385. The number of aliphatic carboxylic acids is 1. The number of carboxylic acid groups (broad SMARTS) is 1. The number of likely N-dealkylation sites (tertiary alicyclic amines) is 1. The predicted molar refractivity (Wildman–Crippen MR) is 194 cm³/mol. The van der Waals surface area contributed by atoms with E-state index in [1.807, 2.05) is 0 Å². The lowest BCUT2D eigenvalue weighted by molar-refractivity contribution is -0.141. The number of alkyl halides is 3. The van der Waals surface area contributed by atoms with Crippen LogP contribution in [-0.4, -0.2) is 68.4 Å². The van der Waals surface area contributed by atoms with Gasteiger partial charge in [-0.2, -0.15) is 18.2 Å². The fourth-order valence-electron chi connectivity index (χ4n) is 9.11. The summed E-state index contributed by atoms with van der Waals surface area (Å²) in [6.07, 6.45) is -1.27. The molecule has 3 fully saturated rings. The summed E-state index contributed by atoms with van der Waals surface area (Å²) in [6, 6.07) is 11.4. The highest BCUT2D eigenvalue weighted by Gasteiger charge is 2.71. The van der Waals surface area contributed by atoms with Crippen molar-refractivity contribution in [3.63, 3.8) is 0 Å². The van der Waals surface area contributed by atoms with Gasteiger partial charge < -0.3 is 14.9 Å². The molecule has 2 aliphatic heterocycles. The maximum Gasteiger partial charge on any atom is 0.417 e. The lowest BCUT2D eigenvalue weighted by atomic mass is 9.49. The van der Waals surface area contributed by atoms with Crippen LogP contribution in [-0.2, 0) is 35.6 Å². The summed E-state index contributed by atoms with van der Waals surface area (Å²) in [5, 5.41) is 21.1. The molecule has 294 valence electrons. The number of phenolic OH excluding ortho intramolecular Hbond substituents is 1. The number of nitrogens with zero attached hydrogens (tertiary/aromatic N) is 3. The van der Waals surface area contributed by atoms with Gasteiger partial charge >= 0.3 is 12.1 Å². The van der Waals surface area contributed by atoms with E-state index in [9.17, 15) is 37.5 Å². The standard InChI is InChI=1S/C39H35Cl2F3N4O8/c1-56-28-7-5-6-27(49)31(28)32-22-13-14-23-30(36(54)47(34(23)52)15-4-2-3-8-29(50)51)24(22)17-25-35(53)48(37(55)38(25,32)19-9-11-21(40)12-10-19)46-33-26(41)16-20(18-45-33)39(42,43)44/h5-7,9-13,16,18,23-25,30,32,49H,2-4,8,14-15,17H2,1H3,(H,45,46)(H,50,51)/t23-,24+,25-,30-,32+,38+/m0/s1. The van der Waals surface area contributed by atoms with Gasteiger partial charge in [0, 0.05) is 35.7 Å². The molecule has 0 radical (unpaired) electrons. The number of hydrogen-bond donors (Lipinski definition) is 3. The van der Waals surface area contributed by atoms with Gasteiger partial charge in [-0.05, 0) is 67.5 Å². The molecule has 0 spiro atoms. The number of carboxylic acids is 1. The van der Waals surface area contributed by atoms with Crippen molar-refractivity contribution in [2.75, 3.05) is 19.1 Å². The van der Waals surface area contributed by atoms with E-state index < -0.39 is 81.3 Å². The zero-order chi connectivity index (χ0) is 40.3. The number of fused-ring (bicyclic) bond motifs is 4. The zero-order valence-electron chi connectivity index (χ0n) is 29.7. The number of allylic oxidation sites excluding steroid dienone is 2. The van der Waals surface area contributed by atoms with Gasteiger partial charge in [0.15, 0.2) is 5.82 Å². The normalized spacial score (nSPS) is 25.8. The molecule has 6 atom stereocenters. The second-order valence-electron chi connectivity index (χ2n) is 14.3. The Morgan fingerprint density at radius 1 is 1.02 bits per heavy atom. The summed E-state index contributed by atoms with van der Waals surface area (Å²) in [6.45, 7) is 0.0806. The van der Waals surface area contributed by atoms with Gasteiger partial charge in [0.1, 0.15) is 11.5 Å². The molecule has 2 saturated heterocycles. The number of hydrazine groups is 1. The highest BCUT2D eigenvalue weighted by molar-refractivity contribution is 6.33. The molecule has 0 bridgehead atoms. The first-order valence-electron chi connectivity index (χ1n) is 17.9. The number of phenols is 1. The van der Waals surface area contributed by atoms with Gasteiger partial charge in [-0.15, -0.1) is 0 Å². The SMILES string of the molecule is COc1cccc(O)c1[C@H]1C2=CC[C@@H]3C(=O)N(CCCCCC(=O)O)C(=O)[C@@H]3[C@@H]2C[C@H]2C(=O)N(Nc3ncc(C(F)(F)F)cc3Cl)C(=O)[C@@]12c1ccc(Cl)cc1. The molecule has 1 aromatic heterocycles. The summed E-state index contributed by atoms with van der Waals surface area (Å²) < 4.78 is 46.2. The third-order valence-electron chi connectivity index (χ3n) is 11.5. The molecule has 3 aromatic rings. The molecule has 1 saturated carbocycles. The van der Waals surface area contributed by atoms with Crippen LogP contribution < -0.4 is 10.2 Å². The van der Waals surface area contributed by atoms with Crippen LogP contribution in [0.1, 0.15) is 61.1 Å². The minimum Gasteiger partial charge on any atom is -0.508 e. The molecule has 56 heavy (non-hydrogen) atoms. The van der Waals surface area contributed by atoms with Gasteiger partial charge in [0.25, 0.3) is 11.8 Å². The number of nitrogens with one attached hydrogen (secondary N) is 1. The highest BCUT2D eigenvalue weighted by Crippen LogP contribution is 2.66. The van der Waals surface area contributed by atoms with Crippen molar-refractivity contribution in [2.24, 2.45) is 23.7 Å². The van der Waals surface area contributed by atoms with Gasteiger partial charge in [0.05, 0.1) is 40.9 Å². The Morgan fingerprint density at radius 3 is 2.41 bits per heavy atom. The van der Waals surface area contributed by atoms with Crippen molar-refractivity contribution in [2.45, 2.75) is 56.0 Å². The molecule has 12 nitrogen and oxygen atoms in total. The van der Waals surface area contributed by atoms with Crippen LogP contribution in [0.5, 0.6) is 11.5 Å². The number of methoxy groups -OCH3 is 1. The number of halogens is 5. The number of imide groups is 2. The van der Waals surface area contributed by atoms with E-state index in [-0.39, 0.29) is 48.8 Å². The summed E-state index contributed by atoms with van der Waals surface area (Å²) >= 11 is 12.6. The fourth-order valence-corrected chi connectivity index (χ4v) is 9.44. The largest absolute Gasteiger partial charge is 0.508 e. The van der Waals surface area contributed by atoms with Crippen LogP contribution in [0.4, 0.5) is 19.0 Å². The number of aromatic nitrogens is 1. The minimum absolute atomic E-state index is 0.0454. The molecule has 3 N–H and O–H groups in total. The number of carbonyl (C=O) groups is 5. The Hall–Kier alpha value is -5.15. The number of aromatic hydroxyl groups is 1. The number of carbonyl (C=O) groups excluding carboxylic acids is 4. The summed E-state index contributed by atoms with van der Waals surface area (Å²) in [5.74, 6) is -8.92. The number of ether oxygens (including phenoxy) is 1. The van der Waals surface area contributed by atoms with E-state index in [4.69, 9.17) is 33.0 Å². The molecule has 4 amide bonds. The Morgan fingerprint density at radius 2 is 1.75 bits per heavy atom. The molecule has 3 heterocycles. The Balaban J connectivity index is 1.37. The van der Waals surface area contributed by atoms with Crippen LogP contribution >= 0.6 is 23.2 Å². The van der Waals surface area contributed by atoms with Crippen LogP contribution in [0.2, 0.25) is 10.0 Å².